The minimum absolute atomic E-state index is 0.320. The number of hydrogen-bond donors (Lipinski definition) is 1. The molecule has 1 aromatic carbocycles. The maximum absolute atomic E-state index is 4.56. The van der Waals surface area contributed by atoms with Gasteiger partial charge in [-0.1, -0.05) is 31.2 Å². The first kappa shape index (κ1) is 13.8. The van der Waals surface area contributed by atoms with Gasteiger partial charge in [-0.3, -0.25) is 0 Å². The summed E-state index contributed by atoms with van der Waals surface area (Å²) in [6.45, 7) is 5.35. The Morgan fingerprint density at radius 1 is 1.14 bits per heavy atom. The van der Waals surface area contributed by atoms with Gasteiger partial charge in [-0.2, -0.15) is 5.10 Å². The Balaban J connectivity index is 1.87. The topological polar surface area (TPSA) is 42.7 Å². The number of benzene rings is 1. The van der Waals surface area contributed by atoms with Crippen LogP contribution in [0.15, 0.2) is 48.8 Å². The molecule has 2 heterocycles. The molecule has 1 atom stereocenters. The van der Waals surface area contributed by atoms with Crippen LogP contribution in [0.1, 0.15) is 31.9 Å². The lowest BCUT2D eigenvalue weighted by molar-refractivity contribution is 0.569. The van der Waals surface area contributed by atoms with Crippen LogP contribution in [0.2, 0.25) is 0 Å². The third kappa shape index (κ3) is 2.81. The first-order valence-electron chi connectivity index (χ1n) is 7.42. The SMILES string of the molecule is CCCNC(C)c1ccc(-n2ncc3ccccc32)nc1. The monoisotopic (exact) mass is 280 g/mol. The van der Waals surface area contributed by atoms with Crippen LogP contribution in [-0.4, -0.2) is 21.3 Å². The molecule has 1 N–H and O–H groups in total. The van der Waals surface area contributed by atoms with E-state index in [0.29, 0.717) is 6.04 Å². The van der Waals surface area contributed by atoms with E-state index in [4.69, 9.17) is 0 Å². The quantitative estimate of drug-likeness (QED) is 0.778. The van der Waals surface area contributed by atoms with Crippen molar-refractivity contribution < 1.29 is 0 Å². The fraction of sp³-hybridized carbons (Fsp3) is 0.294. The van der Waals surface area contributed by atoms with Crippen LogP contribution in [0.4, 0.5) is 0 Å². The summed E-state index contributed by atoms with van der Waals surface area (Å²) in [5.41, 5.74) is 2.28. The number of nitrogens with zero attached hydrogens (tertiary/aromatic N) is 3. The lowest BCUT2D eigenvalue weighted by atomic mass is 10.1. The van der Waals surface area contributed by atoms with E-state index in [-0.39, 0.29) is 0 Å². The Bertz CT molecular complexity index is 715. The lowest BCUT2D eigenvalue weighted by Crippen LogP contribution is -2.19. The first-order chi connectivity index (χ1) is 10.3. The zero-order chi connectivity index (χ0) is 14.7. The van der Waals surface area contributed by atoms with E-state index < -0.39 is 0 Å². The Hall–Kier alpha value is -2.20. The van der Waals surface area contributed by atoms with E-state index in [1.165, 1.54) is 5.56 Å². The van der Waals surface area contributed by atoms with Crippen LogP contribution in [0.25, 0.3) is 16.7 Å². The molecule has 0 amide bonds. The minimum atomic E-state index is 0.320. The van der Waals surface area contributed by atoms with Gasteiger partial charge in [-0.25, -0.2) is 9.67 Å². The number of fused-ring (bicyclic) bond motifs is 1. The average molecular weight is 280 g/mol. The highest BCUT2D eigenvalue weighted by atomic mass is 15.3. The van der Waals surface area contributed by atoms with Crippen LogP contribution in [0, 0.1) is 0 Å². The highest BCUT2D eigenvalue weighted by Gasteiger charge is 2.08. The number of para-hydroxylation sites is 1. The molecule has 21 heavy (non-hydrogen) atoms. The van der Waals surface area contributed by atoms with Crippen LogP contribution in [0.5, 0.6) is 0 Å². The second-order valence-corrected chi connectivity index (χ2v) is 5.24. The summed E-state index contributed by atoms with van der Waals surface area (Å²) in [6, 6.07) is 12.6. The second kappa shape index (κ2) is 6.06. The summed E-state index contributed by atoms with van der Waals surface area (Å²) in [5.74, 6) is 0.850. The summed E-state index contributed by atoms with van der Waals surface area (Å²) in [4.78, 5) is 4.56. The molecule has 0 saturated heterocycles. The molecule has 2 aromatic heterocycles. The normalized spacial score (nSPS) is 12.7. The molecule has 0 aliphatic rings. The van der Waals surface area contributed by atoms with Gasteiger partial charge in [-0.05, 0) is 37.6 Å². The molecule has 0 fully saturated rings. The van der Waals surface area contributed by atoms with Crippen molar-refractivity contribution >= 4 is 10.9 Å². The smallest absolute Gasteiger partial charge is 0.153 e. The second-order valence-electron chi connectivity index (χ2n) is 5.24. The van der Waals surface area contributed by atoms with E-state index in [9.17, 15) is 0 Å². The van der Waals surface area contributed by atoms with Gasteiger partial charge in [0.2, 0.25) is 0 Å². The highest BCUT2D eigenvalue weighted by Crippen LogP contribution is 2.18. The number of pyridine rings is 1. The van der Waals surface area contributed by atoms with Crippen LogP contribution < -0.4 is 5.32 Å². The van der Waals surface area contributed by atoms with Crippen molar-refractivity contribution in [3.8, 4) is 5.82 Å². The van der Waals surface area contributed by atoms with Crippen LogP contribution >= 0.6 is 0 Å². The molecule has 3 aromatic rings. The first-order valence-corrected chi connectivity index (χ1v) is 7.42. The third-order valence-electron chi connectivity index (χ3n) is 3.67. The van der Waals surface area contributed by atoms with E-state index >= 15 is 0 Å². The summed E-state index contributed by atoms with van der Waals surface area (Å²) in [5, 5.41) is 9.02. The van der Waals surface area contributed by atoms with Gasteiger partial charge < -0.3 is 5.32 Å². The largest absolute Gasteiger partial charge is 0.310 e. The van der Waals surface area contributed by atoms with Crippen molar-refractivity contribution in [3.63, 3.8) is 0 Å². The summed E-state index contributed by atoms with van der Waals surface area (Å²) in [6.07, 6.45) is 4.94. The molecule has 108 valence electrons. The van der Waals surface area contributed by atoms with E-state index in [1.54, 1.807) is 0 Å². The van der Waals surface area contributed by atoms with Crippen LogP contribution in [0.3, 0.4) is 0 Å². The number of rotatable bonds is 5. The predicted octanol–water partition coefficient (Wildman–Crippen LogP) is 3.48. The summed E-state index contributed by atoms with van der Waals surface area (Å²) < 4.78 is 1.88. The number of nitrogens with one attached hydrogen (secondary N) is 1. The zero-order valence-electron chi connectivity index (χ0n) is 12.5. The summed E-state index contributed by atoms with van der Waals surface area (Å²) in [7, 11) is 0. The molecule has 4 nitrogen and oxygen atoms in total. The van der Waals surface area contributed by atoms with Gasteiger partial charge in [0.15, 0.2) is 5.82 Å². The Morgan fingerprint density at radius 3 is 2.76 bits per heavy atom. The van der Waals surface area contributed by atoms with E-state index in [1.807, 2.05) is 35.3 Å². The van der Waals surface area contributed by atoms with Gasteiger partial charge in [-0.15, -0.1) is 0 Å². The Kier molecular flexibility index (Phi) is 3.97. The molecule has 0 saturated carbocycles. The van der Waals surface area contributed by atoms with Crippen LogP contribution in [-0.2, 0) is 0 Å². The molecule has 0 aliphatic heterocycles. The third-order valence-corrected chi connectivity index (χ3v) is 3.67. The van der Waals surface area contributed by atoms with Crippen molar-refractivity contribution in [2.75, 3.05) is 6.54 Å². The van der Waals surface area contributed by atoms with E-state index in [0.717, 1.165) is 29.7 Å². The van der Waals surface area contributed by atoms with Crippen molar-refractivity contribution in [2.24, 2.45) is 0 Å². The van der Waals surface area contributed by atoms with Gasteiger partial charge >= 0.3 is 0 Å². The minimum Gasteiger partial charge on any atom is -0.310 e. The van der Waals surface area contributed by atoms with Crippen molar-refractivity contribution in [1.29, 1.82) is 0 Å². The molecule has 0 spiro atoms. The fourth-order valence-electron chi connectivity index (χ4n) is 2.41. The molecule has 0 bridgehead atoms. The average Bonchev–Trinajstić information content (AvgIpc) is 2.97. The van der Waals surface area contributed by atoms with Crippen molar-refractivity contribution in [3.05, 3.63) is 54.4 Å². The molecule has 0 aliphatic carbocycles. The maximum Gasteiger partial charge on any atom is 0.153 e. The fourth-order valence-corrected chi connectivity index (χ4v) is 2.41. The predicted molar refractivity (Wildman–Crippen MR) is 85.6 cm³/mol. The molecular weight excluding hydrogens is 260 g/mol. The Labute approximate surface area is 124 Å². The van der Waals surface area contributed by atoms with Gasteiger partial charge in [0, 0.05) is 17.6 Å². The Morgan fingerprint density at radius 2 is 2.00 bits per heavy atom. The number of hydrogen-bond acceptors (Lipinski definition) is 3. The molecule has 3 rings (SSSR count). The molecule has 4 heteroatoms. The van der Waals surface area contributed by atoms with Gasteiger partial charge in [0.25, 0.3) is 0 Å². The number of aromatic nitrogens is 3. The van der Waals surface area contributed by atoms with Crippen molar-refractivity contribution in [1.82, 2.24) is 20.1 Å². The van der Waals surface area contributed by atoms with Crippen molar-refractivity contribution in [2.45, 2.75) is 26.3 Å². The van der Waals surface area contributed by atoms with E-state index in [2.05, 4.69) is 47.4 Å². The zero-order valence-corrected chi connectivity index (χ0v) is 12.5. The standard InChI is InChI=1S/C17H20N4/c1-3-10-18-13(2)14-8-9-17(19-11-14)21-16-7-5-4-6-15(16)12-20-21/h4-9,11-13,18H,3,10H2,1-2H3. The maximum atomic E-state index is 4.56. The lowest BCUT2D eigenvalue weighted by Gasteiger charge is -2.13. The van der Waals surface area contributed by atoms with Gasteiger partial charge in [0.1, 0.15) is 0 Å². The molecule has 0 radical (unpaired) electrons. The van der Waals surface area contributed by atoms with Gasteiger partial charge in [0.05, 0.1) is 11.7 Å². The highest BCUT2D eigenvalue weighted by molar-refractivity contribution is 5.79. The summed E-state index contributed by atoms with van der Waals surface area (Å²) >= 11 is 0. The molecule has 1 unspecified atom stereocenters. The molecular formula is C17H20N4.